The molecule has 7 rings (SSSR count). The van der Waals surface area contributed by atoms with Crippen LogP contribution in [0.25, 0.3) is 0 Å². The van der Waals surface area contributed by atoms with E-state index in [1.165, 1.54) is 0 Å². The lowest BCUT2D eigenvalue weighted by Gasteiger charge is -2.27. The maximum Gasteiger partial charge on any atom is 0.233 e. The van der Waals surface area contributed by atoms with E-state index in [9.17, 15) is 5.11 Å². The van der Waals surface area contributed by atoms with E-state index in [0.717, 1.165) is 67.2 Å². The number of para-hydroxylation sites is 2. The zero-order valence-electron chi connectivity index (χ0n) is 28.6. The molecule has 0 radical (unpaired) electrons. The highest BCUT2D eigenvalue weighted by atomic mass is 16.3. The first-order valence-corrected chi connectivity index (χ1v) is 17.3. The maximum atomic E-state index is 9.58. The fourth-order valence-corrected chi connectivity index (χ4v) is 5.56. The highest BCUT2D eigenvalue weighted by molar-refractivity contribution is 5.60. The Hall–Kier alpha value is -6.54. The monoisotopic (exact) mass is 695 g/mol. The summed E-state index contributed by atoms with van der Waals surface area (Å²) in [5, 5.41) is 29.6. The minimum absolute atomic E-state index is 0.250. The molecule has 1 aliphatic rings. The van der Waals surface area contributed by atoms with Crippen molar-refractivity contribution in [2.45, 2.75) is 12.8 Å². The average molecular weight is 696 g/mol. The summed E-state index contributed by atoms with van der Waals surface area (Å²) in [5.74, 6) is 3.21. The molecule has 0 saturated carbocycles. The van der Waals surface area contributed by atoms with Gasteiger partial charge in [0, 0.05) is 56.3 Å². The number of aromatic nitrogens is 6. The number of piperazine rings is 1. The Morgan fingerprint density at radius 2 is 0.923 bits per heavy atom. The molecule has 0 bridgehead atoms. The predicted molar refractivity (Wildman–Crippen MR) is 206 cm³/mol. The Morgan fingerprint density at radius 1 is 0.500 bits per heavy atom. The number of hydrogen-bond donors (Lipinski definition) is 7. The number of nitrogens with zero attached hydrogens (tertiary/aromatic N) is 7. The summed E-state index contributed by atoms with van der Waals surface area (Å²) >= 11 is 0. The van der Waals surface area contributed by atoms with Gasteiger partial charge in [-0.1, -0.05) is 60.7 Å². The zero-order valence-corrected chi connectivity index (χ0v) is 28.6. The van der Waals surface area contributed by atoms with Crippen molar-refractivity contribution in [2.75, 3.05) is 70.8 Å². The lowest BCUT2D eigenvalue weighted by Crippen LogP contribution is -2.44. The Labute approximate surface area is 302 Å². The van der Waals surface area contributed by atoms with E-state index < -0.39 is 0 Å². The highest BCUT2D eigenvalue weighted by Gasteiger charge is 2.17. The van der Waals surface area contributed by atoms with Crippen LogP contribution in [0.15, 0.2) is 109 Å². The lowest BCUT2D eigenvalue weighted by molar-refractivity contribution is 0.475. The van der Waals surface area contributed by atoms with Crippen molar-refractivity contribution in [3.05, 3.63) is 120 Å². The summed E-state index contributed by atoms with van der Waals surface area (Å²) in [6, 6.07) is 35.0. The predicted octanol–water partition coefficient (Wildman–Crippen LogP) is 5.71. The van der Waals surface area contributed by atoms with Crippen LogP contribution in [0.1, 0.15) is 11.1 Å². The quantitative estimate of drug-likeness (QED) is 0.0696. The molecule has 1 fully saturated rings. The number of aromatic hydroxyl groups is 1. The van der Waals surface area contributed by atoms with E-state index in [1.807, 2.05) is 84.9 Å². The highest BCUT2D eigenvalue weighted by Crippen LogP contribution is 2.22. The van der Waals surface area contributed by atoms with Crippen LogP contribution in [0, 0.1) is 0 Å². The average Bonchev–Trinajstić information content (AvgIpc) is 3.17. The Morgan fingerprint density at radius 3 is 1.44 bits per heavy atom. The number of phenols is 1. The van der Waals surface area contributed by atoms with Crippen LogP contribution in [0.2, 0.25) is 0 Å². The Balaban J connectivity index is 0.984. The molecule has 0 spiro atoms. The normalized spacial score (nSPS) is 12.6. The molecule has 0 aliphatic carbocycles. The second-order valence-electron chi connectivity index (χ2n) is 12.1. The van der Waals surface area contributed by atoms with Gasteiger partial charge in [0.05, 0.1) is 0 Å². The molecule has 14 nitrogen and oxygen atoms in total. The second-order valence-corrected chi connectivity index (χ2v) is 12.1. The molecule has 1 saturated heterocycles. The lowest BCUT2D eigenvalue weighted by atomic mass is 10.1. The van der Waals surface area contributed by atoms with Crippen molar-refractivity contribution in [3.8, 4) is 5.75 Å². The van der Waals surface area contributed by atoms with Gasteiger partial charge in [-0.25, -0.2) is 0 Å². The standard InChI is InChI=1S/C38H41N13O/c52-32-17-13-28(14-18-32)20-22-41-34-45-33(46-35(47-34)42-29-7-3-1-4-8-29)40-21-19-27-11-15-31(16-12-27)44-37-48-36(43-30-9-5-2-6-10-30)49-38(50-37)51-25-23-39-24-26-51/h1-18,39,52H,19-26H2,(H2,43,44,48,49,50)(H3,40,41,42,45,46,47). The van der Waals surface area contributed by atoms with Crippen molar-refractivity contribution in [1.82, 2.24) is 35.2 Å². The summed E-state index contributed by atoms with van der Waals surface area (Å²) in [6.45, 7) is 4.64. The molecule has 14 heteroatoms. The van der Waals surface area contributed by atoms with Crippen molar-refractivity contribution >= 4 is 52.8 Å². The van der Waals surface area contributed by atoms with Crippen LogP contribution in [-0.2, 0) is 12.8 Å². The smallest absolute Gasteiger partial charge is 0.233 e. The molecular formula is C38H41N13O. The molecule has 0 atom stereocenters. The van der Waals surface area contributed by atoms with Crippen LogP contribution < -0.4 is 36.8 Å². The van der Waals surface area contributed by atoms with Gasteiger partial charge in [-0.15, -0.1) is 0 Å². The van der Waals surface area contributed by atoms with E-state index in [4.69, 9.17) is 9.97 Å². The minimum Gasteiger partial charge on any atom is -0.508 e. The molecule has 0 unspecified atom stereocenters. The molecular weight excluding hydrogens is 655 g/mol. The first-order valence-electron chi connectivity index (χ1n) is 17.3. The van der Waals surface area contributed by atoms with E-state index in [1.54, 1.807) is 12.1 Å². The van der Waals surface area contributed by atoms with Crippen molar-refractivity contribution < 1.29 is 5.11 Å². The van der Waals surface area contributed by atoms with Crippen LogP contribution in [0.3, 0.4) is 0 Å². The molecule has 3 heterocycles. The van der Waals surface area contributed by atoms with Gasteiger partial charge in [0.1, 0.15) is 5.75 Å². The summed E-state index contributed by atoms with van der Waals surface area (Å²) < 4.78 is 0. The van der Waals surface area contributed by atoms with Crippen molar-refractivity contribution in [1.29, 1.82) is 0 Å². The van der Waals surface area contributed by atoms with Crippen LogP contribution in [0.5, 0.6) is 5.75 Å². The van der Waals surface area contributed by atoms with Crippen LogP contribution in [-0.4, -0.2) is 74.3 Å². The molecule has 7 N–H and O–H groups in total. The fourth-order valence-electron chi connectivity index (χ4n) is 5.56. The summed E-state index contributed by atoms with van der Waals surface area (Å²) in [6.07, 6.45) is 1.50. The van der Waals surface area contributed by atoms with Gasteiger partial charge >= 0.3 is 0 Å². The van der Waals surface area contributed by atoms with E-state index in [2.05, 4.69) is 68.9 Å². The number of benzene rings is 4. The summed E-state index contributed by atoms with van der Waals surface area (Å²) in [7, 11) is 0. The number of phenolic OH excluding ortho intramolecular Hbond substituents is 1. The first kappa shape index (κ1) is 33.9. The van der Waals surface area contributed by atoms with Gasteiger partial charge < -0.3 is 41.9 Å². The number of rotatable bonds is 15. The number of anilines is 9. The van der Waals surface area contributed by atoms with Crippen molar-refractivity contribution in [2.24, 2.45) is 0 Å². The minimum atomic E-state index is 0.250. The Kier molecular flexibility index (Phi) is 11.0. The largest absolute Gasteiger partial charge is 0.508 e. The summed E-state index contributed by atoms with van der Waals surface area (Å²) in [4.78, 5) is 30.1. The molecule has 6 aromatic rings. The maximum absolute atomic E-state index is 9.58. The third-order valence-corrected chi connectivity index (χ3v) is 8.26. The van der Waals surface area contributed by atoms with Gasteiger partial charge in [-0.2, -0.15) is 29.9 Å². The molecule has 0 amide bonds. The van der Waals surface area contributed by atoms with E-state index in [-0.39, 0.29) is 5.75 Å². The molecule has 264 valence electrons. The third-order valence-electron chi connectivity index (χ3n) is 8.26. The number of nitrogens with one attached hydrogen (secondary N) is 6. The fraction of sp³-hybridized carbons (Fsp3) is 0.211. The zero-order chi connectivity index (χ0) is 35.4. The van der Waals surface area contributed by atoms with Gasteiger partial charge in [0.15, 0.2) is 0 Å². The number of hydrogen-bond acceptors (Lipinski definition) is 14. The molecule has 2 aromatic heterocycles. The van der Waals surface area contributed by atoms with Crippen molar-refractivity contribution in [3.63, 3.8) is 0 Å². The topological polar surface area (TPSA) is 173 Å². The van der Waals surface area contributed by atoms with Crippen LogP contribution in [0.4, 0.5) is 52.8 Å². The molecule has 4 aromatic carbocycles. The van der Waals surface area contributed by atoms with Gasteiger partial charge in [0.25, 0.3) is 0 Å². The van der Waals surface area contributed by atoms with Crippen LogP contribution >= 0.6 is 0 Å². The second kappa shape index (κ2) is 16.9. The third kappa shape index (κ3) is 9.79. The Bertz CT molecular complexity index is 2010. The van der Waals surface area contributed by atoms with E-state index in [0.29, 0.717) is 48.8 Å². The SMILES string of the molecule is Oc1ccc(CCNc2nc(NCCc3ccc(Nc4nc(Nc5ccccc5)nc(N5CCNCC5)n4)cc3)nc(Nc3ccccc3)n2)cc1. The van der Waals surface area contributed by atoms with Gasteiger partial charge in [-0.3, -0.25) is 0 Å². The summed E-state index contributed by atoms with van der Waals surface area (Å²) in [5.41, 5.74) is 4.90. The molecule has 52 heavy (non-hydrogen) atoms. The van der Waals surface area contributed by atoms with Gasteiger partial charge in [-0.05, 0) is 72.5 Å². The first-order chi connectivity index (χ1) is 25.6. The van der Waals surface area contributed by atoms with E-state index >= 15 is 0 Å². The van der Waals surface area contributed by atoms with Gasteiger partial charge in [0.2, 0.25) is 35.7 Å². The molecule has 1 aliphatic heterocycles.